The predicted octanol–water partition coefficient (Wildman–Crippen LogP) is 20.4. The van der Waals surface area contributed by atoms with Gasteiger partial charge in [-0.3, -0.25) is 37.3 Å². The van der Waals surface area contributed by atoms with Crippen molar-refractivity contribution < 1.29 is 80.2 Å². The molecule has 19 heteroatoms. The average Bonchev–Trinajstić information content (AvgIpc) is 3.72. The standard InChI is InChI=1S/C71H138O17P2/c1-7-9-11-13-15-17-24-30-37-43-49-55-70(75)87-66(59-81-68(73)53-47-41-35-16-14-12-10-8-2)61-85-89(77,78)83-57-65(72)58-84-90(79,80)86-62-67(60-82-69(74)54-48-42-36-32-27-29-34-40-46-52-64(5)6)88-71(76)56-50-44-38-31-26-23-21-19-18-20-22-25-28-33-39-45-51-63(3)4/h63-67,72H,7-62H2,1-6H3,(H,77,78)(H,79,80)/t65-,66+,67+/m0/s1. The molecule has 0 aromatic carbocycles. The highest BCUT2D eigenvalue weighted by Gasteiger charge is 2.30. The van der Waals surface area contributed by atoms with Crippen LogP contribution in [0.15, 0.2) is 0 Å². The van der Waals surface area contributed by atoms with Gasteiger partial charge in [0.2, 0.25) is 0 Å². The van der Waals surface area contributed by atoms with E-state index in [1.165, 1.54) is 173 Å². The summed E-state index contributed by atoms with van der Waals surface area (Å²) in [5.74, 6) is -0.572. The van der Waals surface area contributed by atoms with E-state index in [-0.39, 0.29) is 25.7 Å². The van der Waals surface area contributed by atoms with Crippen LogP contribution < -0.4 is 0 Å². The van der Waals surface area contributed by atoms with Gasteiger partial charge in [0.15, 0.2) is 12.2 Å². The Balaban J connectivity index is 5.19. The largest absolute Gasteiger partial charge is 0.472 e. The van der Waals surface area contributed by atoms with Crippen molar-refractivity contribution in [3.63, 3.8) is 0 Å². The third-order valence-corrected chi connectivity index (χ3v) is 18.4. The Morgan fingerprint density at radius 2 is 0.511 bits per heavy atom. The Kier molecular flexibility index (Phi) is 61.8. The van der Waals surface area contributed by atoms with Crippen molar-refractivity contribution >= 4 is 39.5 Å². The number of hydrogen-bond donors (Lipinski definition) is 3. The predicted molar refractivity (Wildman–Crippen MR) is 363 cm³/mol. The summed E-state index contributed by atoms with van der Waals surface area (Å²) >= 11 is 0. The van der Waals surface area contributed by atoms with Crippen LogP contribution in [0.5, 0.6) is 0 Å². The second-order valence-corrected chi connectivity index (χ2v) is 29.5. The summed E-state index contributed by atoms with van der Waals surface area (Å²) in [5.41, 5.74) is 0. The van der Waals surface area contributed by atoms with E-state index < -0.39 is 97.5 Å². The van der Waals surface area contributed by atoms with Crippen molar-refractivity contribution in [3.8, 4) is 0 Å². The maximum Gasteiger partial charge on any atom is 0.472 e. The van der Waals surface area contributed by atoms with E-state index in [2.05, 4.69) is 41.5 Å². The number of carbonyl (C=O) groups is 4. The molecule has 0 radical (unpaired) electrons. The zero-order valence-corrected chi connectivity index (χ0v) is 60.2. The molecular weight excluding hydrogens is 1190 g/mol. The molecule has 3 N–H and O–H groups in total. The third kappa shape index (κ3) is 64.8. The number of hydrogen-bond acceptors (Lipinski definition) is 15. The smallest absolute Gasteiger partial charge is 0.462 e. The molecule has 0 heterocycles. The van der Waals surface area contributed by atoms with Gasteiger partial charge in [0.1, 0.15) is 19.3 Å². The molecule has 534 valence electrons. The monoisotopic (exact) mass is 1320 g/mol. The molecule has 0 aromatic rings. The Morgan fingerprint density at radius 1 is 0.300 bits per heavy atom. The van der Waals surface area contributed by atoms with Crippen molar-refractivity contribution in [3.05, 3.63) is 0 Å². The van der Waals surface area contributed by atoms with E-state index in [4.69, 9.17) is 37.0 Å². The highest BCUT2D eigenvalue weighted by Crippen LogP contribution is 2.45. The highest BCUT2D eigenvalue weighted by atomic mass is 31.2. The van der Waals surface area contributed by atoms with Gasteiger partial charge < -0.3 is 33.8 Å². The summed E-state index contributed by atoms with van der Waals surface area (Å²) in [6, 6.07) is 0. The van der Waals surface area contributed by atoms with E-state index >= 15 is 0 Å². The van der Waals surface area contributed by atoms with Gasteiger partial charge in [-0.25, -0.2) is 9.13 Å². The number of carbonyl (C=O) groups excluding carboxylic acids is 4. The van der Waals surface area contributed by atoms with Crippen molar-refractivity contribution in [1.82, 2.24) is 0 Å². The molecule has 0 fully saturated rings. The number of ether oxygens (including phenoxy) is 4. The minimum atomic E-state index is -4.95. The van der Waals surface area contributed by atoms with E-state index in [1.54, 1.807) is 0 Å². The summed E-state index contributed by atoms with van der Waals surface area (Å²) in [7, 11) is -9.90. The molecule has 0 aliphatic rings. The molecule has 0 aliphatic heterocycles. The molecule has 0 spiro atoms. The minimum Gasteiger partial charge on any atom is -0.462 e. The van der Waals surface area contributed by atoms with Crippen LogP contribution in [0.3, 0.4) is 0 Å². The van der Waals surface area contributed by atoms with Gasteiger partial charge >= 0.3 is 39.5 Å². The van der Waals surface area contributed by atoms with Crippen LogP contribution in [0, 0.1) is 11.8 Å². The highest BCUT2D eigenvalue weighted by molar-refractivity contribution is 7.47. The summed E-state index contributed by atoms with van der Waals surface area (Å²) in [6.07, 6.45) is 48.6. The van der Waals surface area contributed by atoms with Crippen LogP contribution in [0.2, 0.25) is 0 Å². The Bertz CT molecular complexity index is 1750. The van der Waals surface area contributed by atoms with Crippen molar-refractivity contribution in [2.45, 2.75) is 381 Å². The van der Waals surface area contributed by atoms with Crippen LogP contribution in [0.4, 0.5) is 0 Å². The first-order chi connectivity index (χ1) is 43.4. The normalized spacial score (nSPS) is 14.1. The van der Waals surface area contributed by atoms with E-state index in [0.717, 1.165) is 108 Å². The van der Waals surface area contributed by atoms with Gasteiger partial charge in [-0.05, 0) is 37.5 Å². The molecule has 0 saturated carbocycles. The van der Waals surface area contributed by atoms with Gasteiger partial charge in [-0.2, -0.15) is 0 Å². The maximum atomic E-state index is 13.0. The molecule has 5 atom stereocenters. The van der Waals surface area contributed by atoms with Crippen molar-refractivity contribution in [1.29, 1.82) is 0 Å². The molecule has 90 heavy (non-hydrogen) atoms. The van der Waals surface area contributed by atoms with Crippen molar-refractivity contribution in [2.24, 2.45) is 11.8 Å². The molecule has 0 rings (SSSR count). The van der Waals surface area contributed by atoms with Gasteiger partial charge in [-0.15, -0.1) is 0 Å². The van der Waals surface area contributed by atoms with Crippen LogP contribution in [-0.4, -0.2) is 96.7 Å². The summed E-state index contributed by atoms with van der Waals surface area (Å²) in [4.78, 5) is 72.5. The second kappa shape index (κ2) is 63.1. The molecule has 17 nitrogen and oxygen atoms in total. The number of phosphoric ester groups is 2. The zero-order chi connectivity index (χ0) is 66.5. The fraction of sp³-hybridized carbons (Fsp3) is 0.944. The number of aliphatic hydroxyl groups excluding tert-OH is 1. The van der Waals surface area contributed by atoms with E-state index in [1.807, 2.05) is 0 Å². The molecule has 0 bridgehead atoms. The number of rotatable bonds is 70. The summed E-state index contributed by atoms with van der Waals surface area (Å²) in [5, 5.41) is 10.6. The van der Waals surface area contributed by atoms with Crippen LogP contribution >= 0.6 is 15.6 Å². The van der Waals surface area contributed by atoms with Gasteiger partial charge in [0.05, 0.1) is 26.4 Å². The number of aliphatic hydroxyl groups is 1. The molecule has 0 amide bonds. The molecular formula is C71H138O17P2. The minimum absolute atomic E-state index is 0.107. The number of unbranched alkanes of at least 4 members (excludes halogenated alkanes) is 40. The summed E-state index contributed by atoms with van der Waals surface area (Å²) < 4.78 is 68.2. The lowest BCUT2D eigenvalue weighted by molar-refractivity contribution is -0.161. The zero-order valence-electron chi connectivity index (χ0n) is 58.4. The summed E-state index contributed by atoms with van der Waals surface area (Å²) in [6.45, 7) is 9.54. The lowest BCUT2D eigenvalue weighted by atomic mass is 10.0. The first-order valence-corrected chi connectivity index (χ1v) is 40.0. The molecule has 2 unspecified atom stereocenters. The van der Waals surface area contributed by atoms with E-state index in [0.29, 0.717) is 25.7 Å². The fourth-order valence-electron chi connectivity index (χ4n) is 10.8. The Morgan fingerprint density at radius 3 is 0.756 bits per heavy atom. The lowest BCUT2D eigenvalue weighted by Crippen LogP contribution is -2.30. The molecule has 0 aliphatic carbocycles. The molecule has 0 aromatic heterocycles. The Hall–Kier alpha value is -1.94. The Labute approximate surface area is 549 Å². The van der Waals surface area contributed by atoms with Crippen LogP contribution in [0.25, 0.3) is 0 Å². The van der Waals surface area contributed by atoms with E-state index in [9.17, 15) is 43.2 Å². The lowest BCUT2D eigenvalue weighted by Gasteiger charge is -2.21. The van der Waals surface area contributed by atoms with Gasteiger partial charge in [0.25, 0.3) is 0 Å². The topological polar surface area (TPSA) is 237 Å². The van der Waals surface area contributed by atoms with Crippen molar-refractivity contribution in [2.75, 3.05) is 39.6 Å². The van der Waals surface area contributed by atoms with Gasteiger partial charge in [-0.1, -0.05) is 311 Å². The first kappa shape index (κ1) is 88.1. The first-order valence-electron chi connectivity index (χ1n) is 37.0. The van der Waals surface area contributed by atoms with Crippen LogP contribution in [-0.2, 0) is 65.4 Å². The van der Waals surface area contributed by atoms with Crippen LogP contribution in [0.1, 0.15) is 363 Å². The SMILES string of the molecule is CCCCCCCCCCCCCC(=O)O[C@H](COC(=O)CCCCCCCCCC)COP(=O)(O)OC[C@H](O)COP(=O)(O)OC[C@@H](COC(=O)CCCCCCCCCCCC(C)C)OC(=O)CCCCCCCCCCCCCCCCCCC(C)C. The maximum absolute atomic E-state index is 13.0. The second-order valence-electron chi connectivity index (χ2n) is 26.6. The number of phosphoric acid groups is 2. The quantitative estimate of drug-likeness (QED) is 0.0222. The number of esters is 4. The molecule has 0 saturated heterocycles. The third-order valence-electron chi connectivity index (χ3n) is 16.5. The van der Waals surface area contributed by atoms with Gasteiger partial charge in [0, 0.05) is 25.7 Å². The average molecular weight is 1330 g/mol. The fourth-order valence-corrected chi connectivity index (χ4v) is 12.3.